The molecular formula is C10H10BrFN2O. The zero-order chi connectivity index (χ0) is 10.6. The lowest BCUT2D eigenvalue weighted by Gasteiger charge is -2.25. The van der Waals surface area contributed by atoms with Crippen molar-refractivity contribution in [1.82, 2.24) is 10.5 Å². The predicted molar refractivity (Wildman–Crippen MR) is 55.4 cm³/mol. The number of rotatable bonds is 1. The number of pyridine rings is 1. The maximum Gasteiger partial charge on any atom is 0.146 e. The van der Waals surface area contributed by atoms with Crippen molar-refractivity contribution in [2.45, 2.75) is 25.0 Å². The number of aromatic nitrogens is 1. The lowest BCUT2D eigenvalue weighted by molar-refractivity contribution is 0.0199. The largest absolute Gasteiger partial charge is 0.297 e. The number of hydrogen-bond acceptors (Lipinski definition) is 3. The van der Waals surface area contributed by atoms with Crippen LogP contribution in [0.3, 0.4) is 0 Å². The van der Waals surface area contributed by atoms with Gasteiger partial charge in [-0.25, -0.2) is 9.37 Å². The van der Waals surface area contributed by atoms with Crippen molar-refractivity contribution in [2.24, 2.45) is 5.92 Å². The van der Waals surface area contributed by atoms with Crippen LogP contribution in [0.2, 0.25) is 0 Å². The maximum atomic E-state index is 13.7. The Kier molecular flexibility index (Phi) is 1.93. The molecule has 15 heavy (non-hydrogen) atoms. The summed E-state index contributed by atoms with van der Waals surface area (Å²) in [7, 11) is 0. The molecule has 2 unspecified atom stereocenters. The smallest absolute Gasteiger partial charge is 0.146 e. The van der Waals surface area contributed by atoms with E-state index in [1.807, 2.05) is 6.92 Å². The minimum absolute atomic E-state index is 0.232. The Labute approximate surface area is 95.1 Å². The molecule has 5 heteroatoms. The monoisotopic (exact) mass is 272 g/mol. The number of hydrogen-bond donors (Lipinski definition) is 1. The SMILES string of the molecule is CC1(c2nc(Br)ccc2F)NOC2C[C@H]21. The Bertz CT molecular complexity index is 428. The Morgan fingerprint density at radius 2 is 2.47 bits per heavy atom. The van der Waals surface area contributed by atoms with Crippen LogP contribution < -0.4 is 5.48 Å². The summed E-state index contributed by atoms with van der Waals surface area (Å²) in [4.78, 5) is 9.52. The summed E-state index contributed by atoms with van der Waals surface area (Å²) in [5.74, 6) is 0.0538. The highest BCUT2D eigenvalue weighted by Gasteiger charge is 2.59. The second-order valence-electron chi connectivity index (χ2n) is 4.27. The van der Waals surface area contributed by atoms with Crippen LogP contribution in [0.4, 0.5) is 4.39 Å². The van der Waals surface area contributed by atoms with Crippen molar-refractivity contribution < 1.29 is 9.23 Å². The molecule has 3 atom stereocenters. The number of nitrogens with one attached hydrogen (secondary N) is 1. The number of halogens is 2. The summed E-state index contributed by atoms with van der Waals surface area (Å²) in [5, 5.41) is 0. The van der Waals surface area contributed by atoms with Gasteiger partial charge in [-0.15, -0.1) is 0 Å². The number of hydroxylamine groups is 1. The van der Waals surface area contributed by atoms with Crippen molar-refractivity contribution in [2.75, 3.05) is 0 Å². The van der Waals surface area contributed by atoms with E-state index >= 15 is 0 Å². The van der Waals surface area contributed by atoms with Gasteiger partial charge >= 0.3 is 0 Å². The van der Waals surface area contributed by atoms with E-state index in [1.165, 1.54) is 6.07 Å². The Morgan fingerprint density at radius 3 is 3.07 bits per heavy atom. The first kappa shape index (κ1) is 9.69. The molecule has 80 valence electrons. The van der Waals surface area contributed by atoms with Crippen LogP contribution in [0, 0.1) is 11.7 Å². The molecule has 2 heterocycles. The fourth-order valence-corrected chi connectivity index (χ4v) is 2.50. The predicted octanol–water partition coefficient (Wildman–Crippen LogP) is 2.12. The molecule has 1 N–H and O–H groups in total. The van der Waals surface area contributed by atoms with Crippen LogP contribution in [0.5, 0.6) is 0 Å². The van der Waals surface area contributed by atoms with Crippen LogP contribution in [0.15, 0.2) is 16.7 Å². The van der Waals surface area contributed by atoms with Gasteiger partial charge in [-0.1, -0.05) is 0 Å². The van der Waals surface area contributed by atoms with E-state index in [1.54, 1.807) is 6.07 Å². The van der Waals surface area contributed by atoms with Crippen LogP contribution in [-0.4, -0.2) is 11.1 Å². The van der Waals surface area contributed by atoms with Crippen molar-refractivity contribution >= 4 is 15.9 Å². The van der Waals surface area contributed by atoms with Crippen LogP contribution in [-0.2, 0) is 10.4 Å². The van der Waals surface area contributed by atoms with Gasteiger partial charge in [0.1, 0.15) is 10.4 Å². The van der Waals surface area contributed by atoms with Gasteiger partial charge in [0.05, 0.1) is 17.3 Å². The first-order valence-corrected chi connectivity index (χ1v) is 5.66. The molecule has 0 amide bonds. The Morgan fingerprint density at radius 1 is 1.67 bits per heavy atom. The van der Waals surface area contributed by atoms with Crippen molar-refractivity contribution in [3.63, 3.8) is 0 Å². The number of nitrogens with zero attached hydrogens (tertiary/aromatic N) is 1. The highest BCUT2D eigenvalue weighted by atomic mass is 79.9. The molecule has 0 aromatic carbocycles. The average Bonchev–Trinajstić information content (AvgIpc) is 2.92. The Hall–Kier alpha value is -0.520. The quantitative estimate of drug-likeness (QED) is 0.796. The zero-order valence-corrected chi connectivity index (χ0v) is 9.71. The van der Waals surface area contributed by atoms with Gasteiger partial charge in [0.25, 0.3) is 0 Å². The molecule has 1 aromatic rings. The summed E-state index contributed by atoms with van der Waals surface area (Å²) >= 11 is 3.25. The first-order valence-electron chi connectivity index (χ1n) is 4.86. The standard InChI is InChI=1S/C10H10BrFN2O/c1-10(5-4-7(5)15-14-10)9-6(12)2-3-8(11)13-9/h2-3,5,7,14H,4H2,1H3/t5-,7?,10?/m1/s1. The molecule has 0 bridgehead atoms. The van der Waals surface area contributed by atoms with E-state index in [0.717, 1.165) is 6.42 Å². The summed E-state index contributed by atoms with van der Waals surface area (Å²) in [6.45, 7) is 1.93. The van der Waals surface area contributed by atoms with E-state index in [9.17, 15) is 4.39 Å². The Balaban J connectivity index is 2.08. The number of fused-ring (bicyclic) bond motifs is 1. The molecule has 2 fully saturated rings. The van der Waals surface area contributed by atoms with Crippen LogP contribution in [0.1, 0.15) is 19.0 Å². The zero-order valence-electron chi connectivity index (χ0n) is 8.13. The third kappa shape index (κ3) is 1.33. The third-order valence-corrected chi connectivity index (χ3v) is 3.64. The summed E-state index contributed by atoms with van der Waals surface area (Å²) in [6, 6.07) is 3.03. The maximum absolute atomic E-state index is 13.7. The summed E-state index contributed by atoms with van der Waals surface area (Å²) in [5.41, 5.74) is 2.84. The highest BCUT2D eigenvalue weighted by Crippen LogP contribution is 2.52. The van der Waals surface area contributed by atoms with Gasteiger partial charge in [-0.2, -0.15) is 5.48 Å². The van der Waals surface area contributed by atoms with Crippen molar-refractivity contribution in [3.05, 3.63) is 28.2 Å². The first-order chi connectivity index (χ1) is 7.11. The van der Waals surface area contributed by atoms with Gasteiger partial charge in [-0.05, 0) is 41.4 Å². The molecule has 3 nitrogen and oxygen atoms in total. The molecule has 0 spiro atoms. The molecule has 2 aliphatic rings. The van der Waals surface area contributed by atoms with Crippen molar-refractivity contribution in [1.29, 1.82) is 0 Å². The lowest BCUT2D eigenvalue weighted by atomic mass is 9.92. The lowest BCUT2D eigenvalue weighted by Crippen LogP contribution is -2.38. The summed E-state index contributed by atoms with van der Waals surface area (Å²) < 4.78 is 14.3. The average molecular weight is 273 g/mol. The van der Waals surface area contributed by atoms with Gasteiger partial charge < -0.3 is 0 Å². The van der Waals surface area contributed by atoms with Gasteiger partial charge in [0.15, 0.2) is 0 Å². The molecule has 1 saturated carbocycles. The van der Waals surface area contributed by atoms with E-state index in [-0.39, 0.29) is 11.9 Å². The fourth-order valence-electron chi connectivity index (χ4n) is 2.19. The second-order valence-corrected chi connectivity index (χ2v) is 5.08. The molecule has 1 aliphatic heterocycles. The van der Waals surface area contributed by atoms with Gasteiger partial charge in [-0.3, -0.25) is 4.84 Å². The van der Waals surface area contributed by atoms with E-state index < -0.39 is 5.54 Å². The normalized spacial score (nSPS) is 37.8. The molecule has 0 radical (unpaired) electrons. The van der Waals surface area contributed by atoms with E-state index in [0.29, 0.717) is 16.2 Å². The van der Waals surface area contributed by atoms with Crippen molar-refractivity contribution in [3.8, 4) is 0 Å². The van der Waals surface area contributed by atoms with Crippen LogP contribution in [0.25, 0.3) is 0 Å². The molecule has 3 rings (SSSR count). The minimum Gasteiger partial charge on any atom is -0.297 e. The van der Waals surface area contributed by atoms with Crippen LogP contribution >= 0.6 is 15.9 Å². The van der Waals surface area contributed by atoms with Gasteiger partial charge in [0.2, 0.25) is 0 Å². The van der Waals surface area contributed by atoms with Gasteiger partial charge in [0, 0.05) is 5.92 Å². The minimum atomic E-state index is -0.488. The molecule has 1 aliphatic carbocycles. The topological polar surface area (TPSA) is 34.2 Å². The fraction of sp³-hybridized carbons (Fsp3) is 0.500. The van der Waals surface area contributed by atoms with E-state index in [2.05, 4.69) is 26.4 Å². The third-order valence-electron chi connectivity index (χ3n) is 3.20. The molecular weight excluding hydrogens is 263 g/mol. The highest BCUT2D eigenvalue weighted by molar-refractivity contribution is 9.10. The summed E-state index contributed by atoms with van der Waals surface area (Å²) in [6.07, 6.45) is 1.21. The second kappa shape index (κ2) is 2.99. The molecule has 1 saturated heterocycles. The van der Waals surface area contributed by atoms with E-state index in [4.69, 9.17) is 4.84 Å². The molecule has 1 aromatic heterocycles.